The Balaban J connectivity index is 2.53. The fraction of sp³-hybridized carbons (Fsp3) is 0.333. The summed E-state index contributed by atoms with van der Waals surface area (Å²) in [6, 6.07) is 0.893. The Morgan fingerprint density at radius 3 is 2.06 bits per heavy atom. The van der Waals surface area contributed by atoms with E-state index in [-0.39, 0.29) is 18.3 Å². The molecule has 1 N–H and O–H groups in total. The van der Waals surface area contributed by atoms with Crippen molar-refractivity contribution in [1.82, 2.24) is 0 Å². The minimum absolute atomic E-state index is 0.288. The first-order valence-corrected chi connectivity index (χ1v) is 5.37. The molecule has 0 spiro atoms. The summed E-state index contributed by atoms with van der Waals surface area (Å²) in [5.74, 6) is -3.85. The summed E-state index contributed by atoms with van der Waals surface area (Å²) in [5, 5.41) is 2.14. The number of halogens is 6. The molecule has 0 amide bonds. The van der Waals surface area contributed by atoms with Gasteiger partial charge in [0, 0.05) is 24.4 Å². The highest BCUT2D eigenvalue weighted by Crippen LogP contribution is 2.29. The van der Waals surface area contributed by atoms with Crippen molar-refractivity contribution in [3.05, 3.63) is 29.6 Å². The Labute approximate surface area is 97.2 Å². The molecular formula is C9H7F6NS. The predicted octanol–water partition coefficient (Wildman–Crippen LogP) is 3.77. The number of alkyl halides is 3. The fourth-order valence-electron chi connectivity index (χ4n) is 1.05. The smallest absolute Gasteiger partial charge is 0.379 e. The van der Waals surface area contributed by atoms with E-state index in [0.29, 0.717) is 12.1 Å². The SMILES string of the molecule is Fc1cc(F)c(NCCSC(F)(F)F)c(F)c1. The maximum Gasteiger partial charge on any atom is 0.441 e. The topological polar surface area (TPSA) is 12.0 Å². The van der Waals surface area contributed by atoms with Gasteiger partial charge < -0.3 is 5.32 Å². The average Bonchev–Trinajstić information content (AvgIpc) is 2.13. The second-order valence-electron chi connectivity index (χ2n) is 2.97. The highest BCUT2D eigenvalue weighted by atomic mass is 32.2. The molecule has 0 saturated heterocycles. The van der Waals surface area contributed by atoms with E-state index >= 15 is 0 Å². The molecule has 0 heterocycles. The number of rotatable bonds is 4. The highest BCUT2D eigenvalue weighted by Gasteiger charge is 2.27. The predicted molar refractivity (Wildman–Crippen MR) is 53.3 cm³/mol. The minimum atomic E-state index is -4.39. The molecule has 8 heteroatoms. The van der Waals surface area contributed by atoms with Crippen LogP contribution in [0.2, 0.25) is 0 Å². The van der Waals surface area contributed by atoms with Crippen molar-refractivity contribution in [1.29, 1.82) is 0 Å². The second kappa shape index (κ2) is 5.52. The summed E-state index contributed by atoms with van der Waals surface area (Å²) < 4.78 is 73.7. The van der Waals surface area contributed by atoms with Crippen molar-refractivity contribution < 1.29 is 26.3 Å². The van der Waals surface area contributed by atoms with Gasteiger partial charge in [-0.05, 0) is 11.8 Å². The summed E-state index contributed by atoms with van der Waals surface area (Å²) >= 11 is -0.314. The van der Waals surface area contributed by atoms with Gasteiger partial charge in [0.15, 0.2) is 11.6 Å². The van der Waals surface area contributed by atoms with Gasteiger partial charge in [-0.3, -0.25) is 0 Å². The van der Waals surface area contributed by atoms with E-state index in [9.17, 15) is 26.3 Å². The molecule has 17 heavy (non-hydrogen) atoms. The molecule has 0 aromatic heterocycles. The monoisotopic (exact) mass is 275 g/mol. The van der Waals surface area contributed by atoms with Gasteiger partial charge in [-0.1, -0.05) is 0 Å². The Bertz CT molecular complexity index is 369. The zero-order chi connectivity index (χ0) is 13.1. The van der Waals surface area contributed by atoms with E-state index < -0.39 is 34.4 Å². The van der Waals surface area contributed by atoms with E-state index in [2.05, 4.69) is 5.32 Å². The van der Waals surface area contributed by atoms with Crippen LogP contribution in [0.25, 0.3) is 0 Å². The summed E-state index contributed by atoms with van der Waals surface area (Å²) in [6.45, 7) is -0.288. The molecule has 1 aromatic carbocycles. The van der Waals surface area contributed by atoms with Crippen LogP contribution in [0.4, 0.5) is 32.0 Å². The zero-order valence-corrected chi connectivity index (χ0v) is 9.06. The molecule has 0 aliphatic carbocycles. The number of nitrogens with one attached hydrogen (secondary N) is 1. The Hall–Kier alpha value is -1.05. The van der Waals surface area contributed by atoms with Crippen LogP contribution in [-0.2, 0) is 0 Å². The van der Waals surface area contributed by atoms with Gasteiger partial charge in [-0.2, -0.15) is 13.2 Å². The number of benzene rings is 1. The van der Waals surface area contributed by atoms with Crippen LogP contribution in [0.5, 0.6) is 0 Å². The lowest BCUT2D eigenvalue weighted by Crippen LogP contribution is -2.11. The lowest BCUT2D eigenvalue weighted by Gasteiger charge is -2.09. The van der Waals surface area contributed by atoms with Crippen molar-refractivity contribution >= 4 is 17.4 Å². The highest BCUT2D eigenvalue weighted by molar-refractivity contribution is 8.00. The third-order valence-electron chi connectivity index (χ3n) is 1.68. The maximum atomic E-state index is 13.0. The molecule has 0 saturated carbocycles. The molecule has 0 radical (unpaired) electrons. The van der Waals surface area contributed by atoms with E-state index in [1.165, 1.54) is 0 Å². The standard InChI is InChI=1S/C9H7F6NS/c10-5-3-6(11)8(7(12)4-5)16-1-2-17-9(13,14)15/h3-4,16H,1-2H2. The molecule has 0 bridgehead atoms. The Morgan fingerprint density at radius 2 is 1.59 bits per heavy atom. The summed E-state index contributed by atoms with van der Waals surface area (Å²) in [4.78, 5) is 0. The van der Waals surface area contributed by atoms with Gasteiger partial charge in [0.1, 0.15) is 11.5 Å². The third kappa shape index (κ3) is 4.76. The molecule has 96 valence electrons. The molecule has 1 rings (SSSR count). The van der Waals surface area contributed by atoms with Gasteiger partial charge in [0.05, 0.1) is 0 Å². The van der Waals surface area contributed by atoms with Gasteiger partial charge >= 0.3 is 5.51 Å². The second-order valence-corrected chi connectivity index (χ2v) is 4.13. The van der Waals surface area contributed by atoms with Crippen molar-refractivity contribution in [3.63, 3.8) is 0 Å². The van der Waals surface area contributed by atoms with Crippen molar-refractivity contribution in [2.24, 2.45) is 0 Å². The Kier molecular flexibility index (Phi) is 4.55. The van der Waals surface area contributed by atoms with Crippen LogP contribution in [0.1, 0.15) is 0 Å². The normalized spacial score (nSPS) is 11.6. The van der Waals surface area contributed by atoms with Crippen LogP contribution in [0.3, 0.4) is 0 Å². The first-order valence-electron chi connectivity index (χ1n) is 4.38. The molecule has 0 aliphatic rings. The molecule has 1 aromatic rings. The largest absolute Gasteiger partial charge is 0.441 e. The van der Waals surface area contributed by atoms with E-state index in [4.69, 9.17) is 0 Å². The summed E-state index contributed by atoms with van der Waals surface area (Å²) in [7, 11) is 0. The van der Waals surface area contributed by atoms with Crippen molar-refractivity contribution in [2.75, 3.05) is 17.6 Å². The van der Waals surface area contributed by atoms with Gasteiger partial charge in [0.2, 0.25) is 0 Å². The third-order valence-corrected chi connectivity index (χ3v) is 2.41. The average molecular weight is 275 g/mol. The lowest BCUT2D eigenvalue weighted by atomic mass is 10.3. The molecule has 0 atom stereocenters. The van der Waals surface area contributed by atoms with E-state index in [0.717, 1.165) is 0 Å². The van der Waals surface area contributed by atoms with Crippen LogP contribution in [-0.4, -0.2) is 17.8 Å². The number of thioether (sulfide) groups is 1. The molecule has 0 fully saturated rings. The van der Waals surface area contributed by atoms with E-state index in [1.54, 1.807) is 0 Å². The maximum absolute atomic E-state index is 13.0. The van der Waals surface area contributed by atoms with Gasteiger partial charge in [0.25, 0.3) is 0 Å². The molecule has 1 nitrogen and oxygen atoms in total. The van der Waals surface area contributed by atoms with Gasteiger partial charge in [-0.15, -0.1) is 0 Å². The van der Waals surface area contributed by atoms with Crippen molar-refractivity contribution in [3.8, 4) is 0 Å². The number of hydrogen-bond donors (Lipinski definition) is 1. The van der Waals surface area contributed by atoms with Crippen LogP contribution < -0.4 is 5.32 Å². The van der Waals surface area contributed by atoms with E-state index in [1.807, 2.05) is 0 Å². The summed E-state index contributed by atoms with van der Waals surface area (Å²) in [5.41, 5.74) is -5.02. The Morgan fingerprint density at radius 1 is 1.06 bits per heavy atom. The van der Waals surface area contributed by atoms with Crippen molar-refractivity contribution in [2.45, 2.75) is 5.51 Å². The fourth-order valence-corrected chi connectivity index (χ4v) is 1.49. The number of anilines is 1. The molecule has 0 unspecified atom stereocenters. The first kappa shape index (κ1) is 14.0. The molecule has 0 aliphatic heterocycles. The van der Waals surface area contributed by atoms with Gasteiger partial charge in [-0.25, -0.2) is 13.2 Å². The summed E-state index contributed by atoms with van der Waals surface area (Å²) in [6.07, 6.45) is 0. The zero-order valence-electron chi connectivity index (χ0n) is 8.24. The molecular weight excluding hydrogens is 268 g/mol. The van der Waals surface area contributed by atoms with Crippen LogP contribution >= 0.6 is 11.8 Å². The quantitative estimate of drug-likeness (QED) is 0.663. The van der Waals surface area contributed by atoms with Crippen LogP contribution in [0.15, 0.2) is 12.1 Å². The first-order chi connectivity index (χ1) is 7.79. The lowest BCUT2D eigenvalue weighted by molar-refractivity contribution is -0.0327. The number of hydrogen-bond acceptors (Lipinski definition) is 2. The van der Waals surface area contributed by atoms with Crippen LogP contribution in [0, 0.1) is 17.5 Å². The minimum Gasteiger partial charge on any atom is -0.379 e.